The summed E-state index contributed by atoms with van der Waals surface area (Å²) in [6, 6.07) is 5.52. The van der Waals surface area contributed by atoms with Gasteiger partial charge in [0.25, 0.3) is 5.91 Å². The number of hydrogen-bond donors (Lipinski definition) is 1. The van der Waals surface area contributed by atoms with Crippen molar-refractivity contribution in [1.29, 1.82) is 0 Å². The lowest BCUT2D eigenvalue weighted by atomic mass is 10.2. The molecular formula is C15H24N2O3. The second-order valence-corrected chi connectivity index (χ2v) is 4.81. The fourth-order valence-corrected chi connectivity index (χ4v) is 1.73. The fourth-order valence-electron chi connectivity index (χ4n) is 1.73. The first-order valence-electron chi connectivity index (χ1n) is 6.83. The van der Waals surface area contributed by atoms with Crippen LogP contribution >= 0.6 is 0 Å². The highest BCUT2D eigenvalue weighted by Gasteiger charge is 2.18. The van der Waals surface area contributed by atoms with E-state index < -0.39 is 6.10 Å². The molecule has 0 aliphatic rings. The van der Waals surface area contributed by atoms with Gasteiger partial charge in [0, 0.05) is 32.3 Å². The first kappa shape index (κ1) is 16.3. The Balaban J connectivity index is 2.87. The van der Waals surface area contributed by atoms with Crippen LogP contribution < -0.4 is 15.2 Å². The maximum absolute atomic E-state index is 11.8. The van der Waals surface area contributed by atoms with E-state index >= 15 is 0 Å². The van der Waals surface area contributed by atoms with Gasteiger partial charge in [0.15, 0.2) is 6.10 Å². The Morgan fingerprint density at radius 2 is 2.10 bits per heavy atom. The second kappa shape index (κ2) is 7.75. The molecule has 112 valence electrons. The monoisotopic (exact) mass is 280 g/mol. The fraction of sp³-hybridized carbons (Fsp3) is 0.533. The molecule has 1 rings (SSSR count). The molecule has 0 saturated carbocycles. The second-order valence-electron chi connectivity index (χ2n) is 4.81. The third-order valence-corrected chi connectivity index (χ3v) is 2.82. The van der Waals surface area contributed by atoms with Gasteiger partial charge in [-0.15, -0.1) is 0 Å². The molecule has 0 aliphatic carbocycles. The number of nitrogens with two attached hydrogens (primary N) is 1. The Bertz CT molecular complexity index is 447. The van der Waals surface area contributed by atoms with Gasteiger partial charge in [-0.2, -0.15) is 0 Å². The third kappa shape index (κ3) is 4.42. The van der Waals surface area contributed by atoms with E-state index in [-0.39, 0.29) is 5.91 Å². The minimum atomic E-state index is -0.559. The lowest BCUT2D eigenvalue weighted by Crippen LogP contribution is -2.35. The Morgan fingerprint density at radius 1 is 1.40 bits per heavy atom. The van der Waals surface area contributed by atoms with Crippen LogP contribution in [0.2, 0.25) is 0 Å². The minimum Gasteiger partial charge on any atom is -0.493 e. The van der Waals surface area contributed by atoms with E-state index in [0.717, 1.165) is 17.7 Å². The summed E-state index contributed by atoms with van der Waals surface area (Å²) < 4.78 is 11.3. The van der Waals surface area contributed by atoms with E-state index in [4.69, 9.17) is 15.2 Å². The van der Waals surface area contributed by atoms with Crippen LogP contribution in [0, 0.1) is 0 Å². The van der Waals surface area contributed by atoms with E-state index in [2.05, 4.69) is 0 Å². The number of carbonyl (C=O) groups excluding carboxylic acids is 1. The topological polar surface area (TPSA) is 64.8 Å². The molecule has 5 nitrogen and oxygen atoms in total. The van der Waals surface area contributed by atoms with Gasteiger partial charge >= 0.3 is 0 Å². The third-order valence-electron chi connectivity index (χ3n) is 2.82. The van der Waals surface area contributed by atoms with E-state index in [1.54, 1.807) is 27.1 Å². The number of ether oxygens (including phenoxy) is 2. The predicted octanol–water partition coefficient (Wildman–Crippen LogP) is 1.79. The highest BCUT2D eigenvalue weighted by molar-refractivity contribution is 5.80. The SMILES string of the molecule is CCCOc1ccc(CN)c(OC(C)C(=O)N(C)C)c1. The molecule has 0 saturated heterocycles. The summed E-state index contributed by atoms with van der Waals surface area (Å²) in [6.45, 7) is 4.77. The Kier molecular flexibility index (Phi) is 6.31. The molecule has 1 unspecified atom stereocenters. The zero-order valence-electron chi connectivity index (χ0n) is 12.7. The molecule has 0 radical (unpaired) electrons. The number of nitrogens with zero attached hydrogens (tertiary/aromatic N) is 1. The summed E-state index contributed by atoms with van der Waals surface area (Å²) in [5, 5.41) is 0. The normalized spacial score (nSPS) is 11.8. The molecule has 5 heteroatoms. The number of benzene rings is 1. The van der Waals surface area contributed by atoms with Crippen LogP contribution in [0.5, 0.6) is 11.5 Å². The molecule has 2 N–H and O–H groups in total. The van der Waals surface area contributed by atoms with Crippen LogP contribution in [-0.2, 0) is 11.3 Å². The molecule has 20 heavy (non-hydrogen) atoms. The van der Waals surface area contributed by atoms with Crippen LogP contribution in [-0.4, -0.2) is 37.6 Å². The van der Waals surface area contributed by atoms with Gasteiger partial charge in [0.2, 0.25) is 0 Å². The average molecular weight is 280 g/mol. The zero-order valence-corrected chi connectivity index (χ0v) is 12.7. The summed E-state index contributed by atoms with van der Waals surface area (Å²) in [5.41, 5.74) is 6.55. The molecule has 1 aromatic rings. The van der Waals surface area contributed by atoms with Crippen molar-refractivity contribution in [3.8, 4) is 11.5 Å². The van der Waals surface area contributed by atoms with Crippen LogP contribution in [0.1, 0.15) is 25.8 Å². The maximum atomic E-state index is 11.8. The van der Waals surface area contributed by atoms with E-state index in [1.807, 2.05) is 19.1 Å². The molecule has 1 atom stereocenters. The van der Waals surface area contributed by atoms with Gasteiger partial charge in [-0.25, -0.2) is 0 Å². The van der Waals surface area contributed by atoms with E-state index in [0.29, 0.717) is 18.9 Å². The van der Waals surface area contributed by atoms with E-state index in [1.165, 1.54) is 4.90 Å². The van der Waals surface area contributed by atoms with Gasteiger partial charge in [0.1, 0.15) is 11.5 Å². The quantitative estimate of drug-likeness (QED) is 0.827. The van der Waals surface area contributed by atoms with Gasteiger partial charge in [-0.3, -0.25) is 4.79 Å². The molecular weight excluding hydrogens is 256 g/mol. The molecule has 0 aromatic heterocycles. The van der Waals surface area contributed by atoms with Crippen molar-refractivity contribution < 1.29 is 14.3 Å². The maximum Gasteiger partial charge on any atom is 0.262 e. The Labute approximate surface area is 120 Å². The summed E-state index contributed by atoms with van der Waals surface area (Å²) in [6.07, 6.45) is 0.376. The zero-order chi connectivity index (χ0) is 15.1. The van der Waals surface area contributed by atoms with Crippen molar-refractivity contribution in [3.05, 3.63) is 23.8 Å². The van der Waals surface area contributed by atoms with Crippen molar-refractivity contribution in [2.45, 2.75) is 32.9 Å². The molecule has 1 aromatic carbocycles. The summed E-state index contributed by atoms with van der Waals surface area (Å²) in [5.74, 6) is 1.24. The Morgan fingerprint density at radius 3 is 2.65 bits per heavy atom. The van der Waals surface area contributed by atoms with Crippen LogP contribution in [0.15, 0.2) is 18.2 Å². The van der Waals surface area contributed by atoms with Crippen LogP contribution in [0.3, 0.4) is 0 Å². The van der Waals surface area contributed by atoms with Crippen LogP contribution in [0.4, 0.5) is 0 Å². The number of carbonyl (C=O) groups is 1. The molecule has 0 heterocycles. The van der Waals surface area contributed by atoms with Crippen molar-refractivity contribution in [3.63, 3.8) is 0 Å². The lowest BCUT2D eigenvalue weighted by molar-refractivity contribution is -0.135. The molecule has 0 spiro atoms. The average Bonchev–Trinajstić information content (AvgIpc) is 2.44. The predicted molar refractivity (Wildman–Crippen MR) is 78.9 cm³/mol. The number of likely N-dealkylation sites (N-methyl/N-ethyl adjacent to an activating group) is 1. The molecule has 0 aliphatic heterocycles. The summed E-state index contributed by atoms with van der Waals surface area (Å²) >= 11 is 0. The summed E-state index contributed by atoms with van der Waals surface area (Å²) in [7, 11) is 3.40. The molecule has 1 amide bonds. The van der Waals surface area contributed by atoms with Gasteiger partial charge in [0.05, 0.1) is 6.61 Å². The standard InChI is InChI=1S/C15H24N2O3/c1-5-8-19-13-7-6-12(10-16)14(9-13)20-11(2)15(18)17(3)4/h6-7,9,11H,5,8,10,16H2,1-4H3. The molecule has 0 fully saturated rings. The van der Waals surface area contributed by atoms with Crippen LogP contribution in [0.25, 0.3) is 0 Å². The number of rotatable bonds is 7. The largest absolute Gasteiger partial charge is 0.493 e. The Hall–Kier alpha value is -1.75. The number of amides is 1. The van der Waals surface area contributed by atoms with E-state index in [9.17, 15) is 4.79 Å². The van der Waals surface area contributed by atoms with Gasteiger partial charge in [-0.05, 0) is 19.4 Å². The van der Waals surface area contributed by atoms with Crippen molar-refractivity contribution in [2.24, 2.45) is 5.73 Å². The van der Waals surface area contributed by atoms with Crippen molar-refractivity contribution in [2.75, 3.05) is 20.7 Å². The highest BCUT2D eigenvalue weighted by atomic mass is 16.5. The van der Waals surface area contributed by atoms with Gasteiger partial charge < -0.3 is 20.1 Å². The first-order valence-corrected chi connectivity index (χ1v) is 6.83. The number of hydrogen-bond acceptors (Lipinski definition) is 4. The van der Waals surface area contributed by atoms with Gasteiger partial charge in [-0.1, -0.05) is 13.0 Å². The first-order chi connectivity index (χ1) is 9.49. The highest BCUT2D eigenvalue weighted by Crippen LogP contribution is 2.26. The lowest BCUT2D eigenvalue weighted by Gasteiger charge is -2.20. The minimum absolute atomic E-state index is 0.0900. The van der Waals surface area contributed by atoms with Crippen molar-refractivity contribution in [1.82, 2.24) is 4.90 Å². The smallest absolute Gasteiger partial charge is 0.262 e. The molecule has 0 bridgehead atoms. The van der Waals surface area contributed by atoms with Crippen molar-refractivity contribution >= 4 is 5.91 Å². The summed E-state index contributed by atoms with van der Waals surface area (Å²) in [4.78, 5) is 13.3.